The number of hydrogen-bond acceptors (Lipinski definition) is 4. The molecule has 0 atom stereocenters. The fourth-order valence-corrected chi connectivity index (χ4v) is 1.60. The van der Waals surface area contributed by atoms with E-state index in [1.807, 2.05) is 5.43 Å². The van der Waals surface area contributed by atoms with Gasteiger partial charge in [0.15, 0.2) is 0 Å². The van der Waals surface area contributed by atoms with E-state index in [0.717, 1.165) is 10.6 Å². The summed E-state index contributed by atoms with van der Waals surface area (Å²) in [7, 11) is -1.85. The van der Waals surface area contributed by atoms with Crippen molar-refractivity contribution in [2.45, 2.75) is 0 Å². The predicted molar refractivity (Wildman–Crippen MR) is 61.3 cm³/mol. The molecule has 88 valence electrons. The third kappa shape index (κ3) is 2.71. The van der Waals surface area contributed by atoms with Crippen molar-refractivity contribution in [3.05, 3.63) is 29.8 Å². The molecule has 0 aromatic heterocycles. The van der Waals surface area contributed by atoms with Crippen molar-refractivity contribution in [3.8, 4) is 0 Å². The maximum absolute atomic E-state index is 11.2. The van der Waals surface area contributed by atoms with Crippen LogP contribution < -0.4 is 15.6 Å². The number of amides is 1. The largest absolute Gasteiger partial charge is 0.290 e. The number of carbonyl (C=O) groups is 1. The van der Waals surface area contributed by atoms with Crippen LogP contribution in [0.25, 0.3) is 0 Å². The first-order valence-electron chi connectivity index (χ1n) is 4.41. The fraction of sp³-hybridized carbons (Fsp3) is 0.222. The highest BCUT2D eigenvalue weighted by atomic mass is 32.2. The molecule has 0 aliphatic heterocycles. The smallest absolute Gasteiger partial charge is 0.265 e. The van der Waals surface area contributed by atoms with Gasteiger partial charge in [0.1, 0.15) is 0 Å². The lowest BCUT2D eigenvalue weighted by Gasteiger charge is -2.16. The maximum Gasteiger partial charge on any atom is 0.265 e. The predicted octanol–water partition coefficient (Wildman–Crippen LogP) is -0.314. The molecule has 0 saturated heterocycles. The van der Waals surface area contributed by atoms with Crippen molar-refractivity contribution in [1.29, 1.82) is 0 Å². The van der Waals surface area contributed by atoms with Gasteiger partial charge in [-0.2, -0.15) is 0 Å². The minimum atomic E-state index is -3.29. The number of rotatable bonds is 3. The van der Waals surface area contributed by atoms with Crippen molar-refractivity contribution in [2.24, 2.45) is 5.84 Å². The quantitative estimate of drug-likeness (QED) is 0.432. The minimum Gasteiger partial charge on any atom is -0.290 e. The average molecular weight is 243 g/mol. The SMILES string of the molecule is CN(c1ccc(C(=O)NN)cc1)S(C)(=O)=O. The van der Waals surface area contributed by atoms with E-state index >= 15 is 0 Å². The molecule has 6 nitrogen and oxygen atoms in total. The van der Waals surface area contributed by atoms with Crippen LogP contribution in [0.1, 0.15) is 10.4 Å². The first kappa shape index (κ1) is 12.5. The van der Waals surface area contributed by atoms with Crippen LogP contribution in [0.4, 0.5) is 5.69 Å². The summed E-state index contributed by atoms with van der Waals surface area (Å²) in [5, 5.41) is 0. The average Bonchev–Trinajstić information content (AvgIpc) is 2.26. The molecule has 0 radical (unpaired) electrons. The van der Waals surface area contributed by atoms with Gasteiger partial charge in [-0.3, -0.25) is 14.5 Å². The molecular weight excluding hydrogens is 230 g/mol. The molecular formula is C9H13N3O3S. The van der Waals surface area contributed by atoms with E-state index in [4.69, 9.17) is 5.84 Å². The summed E-state index contributed by atoms with van der Waals surface area (Å²) in [4.78, 5) is 11.1. The lowest BCUT2D eigenvalue weighted by Crippen LogP contribution is -2.30. The van der Waals surface area contributed by atoms with Crippen LogP contribution in [-0.2, 0) is 10.0 Å². The Bertz CT molecular complexity index is 481. The van der Waals surface area contributed by atoms with Gasteiger partial charge in [0.05, 0.1) is 11.9 Å². The number of hydrazine groups is 1. The van der Waals surface area contributed by atoms with Gasteiger partial charge in [-0.05, 0) is 24.3 Å². The Kier molecular flexibility index (Phi) is 3.51. The van der Waals surface area contributed by atoms with E-state index in [0.29, 0.717) is 11.3 Å². The van der Waals surface area contributed by atoms with Gasteiger partial charge >= 0.3 is 0 Å². The second-order valence-electron chi connectivity index (χ2n) is 3.25. The summed E-state index contributed by atoms with van der Waals surface area (Å²) in [6.07, 6.45) is 1.10. The number of sulfonamides is 1. The Labute approximate surface area is 94.1 Å². The summed E-state index contributed by atoms with van der Waals surface area (Å²) < 4.78 is 23.6. The summed E-state index contributed by atoms with van der Waals surface area (Å²) >= 11 is 0. The van der Waals surface area contributed by atoms with E-state index < -0.39 is 15.9 Å². The molecule has 0 saturated carbocycles. The van der Waals surface area contributed by atoms with Crippen LogP contribution in [0.3, 0.4) is 0 Å². The molecule has 16 heavy (non-hydrogen) atoms. The molecule has 0 bridgehead atoms. The van der Waals surface area contributed by atoms with Gasteiger partial charge in [-0.15, -0.1) is 0 Å². The zero-order valence-corrected chi connectivity index (χ0v) is 9.78. The molecule has 0 unspecified atom stereocenters. The van der Waals surface area contributed by atoms with E-state index in [1.165, 1.54) is 31.3 Å². The number of nitrogens with zero attached hydrogens (tertiary/aromatic N) is 1. The number of carbonyl (C=O) groups excluding carboxylic acids is 1. The second kappa shape index (κ2) is 4.50. The Hall–Kier alpha value is -1.60. The van der Waals surface area contributed by atoms with Crippen LogP contribution in [0.15, 0.2) is 24.3 Å². The first-order valence-corrected chi connectivity index (χ1v) is 6.26. The Balaban J connectivity index is 3.00. The molecule has 7 heteroatoms. The van der Waals surface area contributed by atoms with Crippen LogP contribution >= 0.6 is 0 Å². The highest BCUT2D eigenvalue weighted by molar-refractivity contribution is 7.92. The minimum absolute atomic E-state index is 0.369. The monoisotopic (exact) mass is 243 g/mol. The van der Waals surface area contributed by atoms with Crippen LogP contribution in [-0.4, -0.2) is 27.6 Å². The van der Waals surface area contributed by atoms with Crippen LogP contribution in [0.2, 0.25) is 0 Å². The van der Waals surface area contributed by atoms with Crippen molar-refractivity contribution < 1.29 is 13.2 Å². The molecule has 0 fully saturated rings. The number of nitrogens with two attached hydrogens (primary N) is 1. The third-order valence-corrected chi connectivity index (χ3v) is 3.33. The zero-order chi connectivity index (χ0) is 12.3. The highest BCUT2D eigenvalue weighted by Gasteiger charge is 2.12. The topological polar surface area (TPSA) is 92.5 Å². The van der Waals surface area contributed by atoms with Crippen molar-refractivity contribution in [1.82, 2.24) is 5.43 Å². The maximum atomic E-state index is 11.2. The van der Waals surface area contributed by atoms with Gasteiger partial charge in [0.2, 0.25) is 10.0 Å². The lowest BCUT2D eigenvalue weighted by molar-refractivity contribution is 0.0953. The van der Waals surface area contributed by atoms with Gasteiger partial charge in [-0.1, -0.05) is 0 Å². The third-order valence-electron chi connectivity index (χ3n) is 2.12. The Morgan fingerprint density at radius 3 is 2.19 bits per heavy atom. The van der Waals surface area contributed by atoms with E-state index in [2.05, 4.69) is 0 Å². The Morgan fingerprint density at radius 2 is 1.81 bits per heavy atom. The van der Waals surface area contributed by atoms with Gasteiger partial charge in [-0.25, -0.2) is 14.3 Å². The summed E-state index contributed by atoms with van der Waals surface area (Å²) in [5.41, 5.74) is 2.84. The number of anilines is 1. The molecule has 0 spiro atoms. The molecule has 0 aliphatic carbocycles. The number of nitrogen functional groups attached to an aromatic ring is 1. The molecule has 1 aromatic carbocycles. The molecule has 1 amide bonds. The molecule has 0 heterocycles. The zero-order valence-electron chi connectivity index (χ0n) is 8.97. The molecule has 3 N–H and O–H groups in total. The number of hydrogen-bond donors (Lipinski definition) is 2. The van der Waals surface area contributed by atoms with Crippen molar-refractivity contribution in [2.75, 3.05) is 17.6 Å². The first-order chi connectivity index (χ1) is 7.36. The second-order valence-corrected chi connectivity index (χ2v) is 5.26. The van der Waals surface area contributed by atoms with Crippen molar-refractivity contribution in [3.63, 3.8) is 0 Å². The number of nitrogens with one attached hydrogen (secondary N) is 1. The number of benzene rings is 1. The summed E-state index contributed by atoms with van der Waals surface area (Å²) in [6, 6.07) is 6.07. The lowest BCUT2D eigenvalue weighted by atomic mass is 10.2. The van der Waals surface area contributed by atoms with Crippen LogP contribution in [0, 0.1) is 0 Å². The van der Waals surface area contributed by atoms with E-state index in [1.54, 1.807) is 0 Å². The summed E-state index contributed by atoms with van der Waals surface area (Å²) in [6.45, 7) is 0. The van der Waals surface area contributed by atoms with Gasteiger partial charge in [0.25, 0.3) is 5.91 Å². The molecule has 1 aromatic rings. The molecule has 0 aliphatic rings. The van der Waals surface area contributed by atoms with Gasteiger partial charge in [0, 0.05) is 12.6 Å². The van der Waals surface area contributed by atoms with Crippen LogP contribution in [0.5, 0.6) is 0 Å². The molecule has 1 rings (SSSR count). The Morgan fingerprint density at radius 1 is 1.31 bits per heavy atom. The van der Waals surface area contributed by atoms with E-state index in [9.17, 15) is 13.2 Å². The van der Waals surface area contributed by atoms with Gasteiger partial charge < -0.3 is 0 Å². The van der Waals surface area contributed by atoms with E-state index in [-0.39, 0.29) is 0 Å². The normalized spacial score (nSPS) is 10.9. The standard InChI is InChI=1S/C9H13N3O3S/c1-12(16(2,14)15)8-5-3-7(4-6-8)9(13)11-10/h3-6H,10H2,1-2H3,(H,11,13). The fourth-order valence-electron chi connectivity index (χ4n) is 1.10. The highest BCUT2D eigenvalue weighted by Crippen LogP contribution is 2.15. The summed E-state index contributed by atoms with van der Waals surface area (Å²) in [5.74, 6) is 4.54. The van der Waals surface area contributed by atoms with Crippen molar-refractivity contribution >= 4 is 21.6 Å².